The summed E-state index contributed by atoms with van der Waals surface area (Å²) in [6.45, 7) is 11.6. The minimum atomic E-state index is 0.228. The van der Waals surface area contributed by atoms with Gasteiger partial charge in [0, 0.05) is 38.4 Å². The molecule has 4 aliphatic rings. The van der Waals surface area contributed by atoms with E-state index < -0.39 is 0 Å². The van der Waals surface area contributed by atoms with E-state index in [4.69, 9.17) is 4.98 Å². The maximum atomic E-state index is 4.80. The van der Waals surface area contributed by atoms with Crippen LogP contribution in [0.4, 0.5) is 5.82 Å². The molecule has 1 spiro atoms. The van der Waals surface area contributed by atoms with E-state index >= 15 is 0 Å². The van der Waals surface area contributed by atoms with Crippen molar-refractivity contribution in [3.05, 3.63) is 23.9 Å². The number of anilines is 1. The molecule has 1 aromatic rings. The van der Waals surface area contributed by atoms with Gasteiger partial charge in [-0.3, -0.25) is 4.90 Å². The minimum Gasteiger partial charge on any atom is -0.354 e. The van der Waals surface area contributed by atoms with Crippen LogP contribution in [0, 0.1) is 17.3 Å². The molecule has 1 saturated heterocycles. The first-order chi connectivity index (χ1) is 12.0. The van der Waals surface area contributed by atoms with Gasteiger partial charge in [-0.1, -0.05) is 26.8 Å². The highest BCUT2D eigenvalue weighted by Crippen LogP contribution is 2.76. The maximum absolute atomic E-state index is 4.80. The van der Waals surface area contributed by atoms with Gasteiger partial charge >= 0.3 is 0 Å². The topological polar surface area (TPSA) is 19.4 Å². The van der Waals surface area contributed by atoms with Crippen molar-refractivity contribution in [2.75, 3.05) is 31.1 Å². The Kier molecular flexibility index (Phi) is 3.51. The number of rotatable bonds is 4. The summed E-state index contributed by atoms with van der Waals surface area (Å²) in [7, 11) is 0. The van der Waals surface area contributed by atoms with Gasteiger partial charge in [-0.15, -0.1) is 0 Å². The van der Waals surface area contributed by atoms with Gasteiger partial charge in [-0.05, 0) is 66.4 Å². The maximum Gasteiger partial charge on any atom is 0.128 e. The zero-order valence-corrected chi connectivity index (χ0v) is 16.2. The lowest BCUT2D eigenvalue weighted by molar-refractivity contribution is 0.147. The van der Waals surface area contributed by atoms with Gasteiger partial charge in [0.05, 0.1) is 0 Å². The lowest BCUT2D eigenvalue weighted by Crippen LogP contribution is -2.51. The van der Waals surface area contributed by atoms with Crippen molar-refractivity contribution < 1.29 is 0 Å². The molecule has 2 heterocycles. The van der Waals surface area contributed by atoms with Gasteiger partial charge in [-0.2, -0.15) is 0 Å². The first kappa shape index (κ1) is 16.1. The van der Waals surface area contributed by atoms with Gasteiger partial charge in [0.2, 0.25) is 0 Å². The van der Waals surface area contributed by atoms with Crippen LogP contribution < -0.4 is 4.90 Å². The molecule has 136 valence electrons. The van der Waals surface area contributed by atoms with Crippen LogP contribution >= 0.6 is 0 Å². The van der Waals surface area contributed by atoms with E-state index in [-0.39, 0.29) is 5.41 Å². The van der Waals surface area contributed by atoms with Gasteiger partial charge < -0.3 is 4.90 Å². The molecule has 0 bridgehead atoms. The van der Waals surface area contributed by atoms with Gasteiger partial charge in [0.1, 0.15) is 5.82 Å². The van der Waals surface area contributed by atoms with E-state index in [0.29, 0.717) is 0 Å². The van der Waals surface area contributed by atoms with Crippen LogP contribution in [-0.2, 0) is 5.41 Å². The molecule has 3 heteroatoms. The van der Waals surface area contributed by atoms with Crippen LogP contribution in [0.2, 0.25) is 0 Å². The first-order valence-electron chi connectivity index (χ1n) is 10.5. The van der Waals surface area contributed by atoms with Crippen molar-refractivity contribution in [3.8, 4) is 0 Å². The molecule has 1 aliphatic heterocycles. The van der Waals surface area contributed by atoms with E-state index in [1.807, 2.05) is 0 Å². The number of nitrogens with zero attached hydrogens (tertiary/aromatic N) is 3. The molecule has 0 N–H and O–H groups in total. The normalized spacial score (nSPS) is 37.4. The molecule has 3 aliphatic carbocycles. The molecular formula is C22H33N3. The van der Waals surface area contributed by atoms with Gasteiger partial charge in [-0.25, -0.2) is 4.98 Å². The second kappa shape index (κ2) is 5.45. The third-order valence-electron chi connectivity index (χ3n) is 8.46. The highest BCUT2D eigenvalue weighted by molar-refractivity contribution is 5.41. The Labute approximate surface area is 152 Å². The molecule has 5 rings (SSSR count). The number of aromatic nitrogens is 1. The van der Waals surface area contributed by atoms with Gasteiger partial charge in [0.15, 0.2) is 0 Å². The summed E-state index contributed by atoms with van der Waals surface area (Å²) >= 11 is 0. The zero-order chi connectivity index (χ0) is 17.2. The summed E-state index contributed by atoms with van der Waals surface area (Å²) in [5.74, 6) is 3.33. The largest absolute Gasteiger partial charge is 0.354 e. The Morgan fingerprint density at radius 2 is 2.00 bits per heavy atom. The molecule has 4 atom stereocenters. The number of piperazine rings is 1. The predicted octanol–water partition coefficient (Wildman–Crippen LogP) is 4.08. The second-order valence-electron chi connectivity index (χ2n) is 9.75. The van der Waals surface area contributed by atoms with Crippen LogP contribution in [0.3, 0.4) is 0 Å². The fraction of sp³-hybridized carbons (Fsp3) is 0.773. The van der Waals surface area contributed by atoms with E-state index in [2.05, 4.69) is 48.9 Å². The minimum absolute atomic E-state index is 0.228. The average molecular weight is 340 g/mol. The van der Waals surface area contributed by atoms with Crippen LogP contribution in [0.1, 0.15) is 58.4 Å². The molecule has 4 unspecified atom stereocenters. The van der Waals surface area contributed by atoms with Crippen molar-refractivity contribution in [2.24, 2.45) is 17.3 Å². The molecule has 25 heavy (non-hydrogen) atoms. The van der Waals surface area contributed by atoms with Crippen molar-refractivity contribution in [1.82, 2.24) is 9.88 Å². The quantitative estimate of drug-likeness (QED) is 0.824. The second-order valence-corrected chi connectivity index (χ2v) is 9.75. The first-order valence-corrected chi connectivity index (χ1v) is 10.5. The predicted molar refractivity (Wildman–Crippen MR) is 103 cm³/mol. The van der Waals surface area contributed by atoms with Crippen LogP contribution in [0.5, 0.6) is 0 Å². The summed E-state index contributed by atoms with van der Waals surface area (Å²) in [6.07, 6.45) is 9.38. The summed E-state index contributed by atoms with van der Waals surface area (Å²) in [5.41, 5.74) is 2.44. The monoisotopic (exact) mass is 339 g/mol. The fourth-order valence-electron chi connectivity index (χ4n) is 6.02. The number of hydrogen-bond donors (Lipinski definition) is 0. The van der Waals surface area contributed by atoms with Crippen molar-refractivity contribution in [3.63, 3.8) is 0 Å². The standard InChI is InChI=1S/C22H33N3/c1-4-21(2,3)17-5-6-20(23-15-17)25-11-9-24(10-12-25)19-13-16-7-8-22(16)14-18(19)22/h5-6,15-16,18-19H,4,7-14H2,1-3H3. The van der Waals surface area contributed by atoms with E-state index in [1.54, 1.807) is 12.8 Å². The fourth-order valence-corrected chi connectivity index (χ4v) is 6.02. The Balaban J connectivity index is 1.21. The van der Waals surface area contributed by atoms with E-state index in [1.165, 1.54) is 37.3 Å². The molecule has 4 fully saturated rings. The molecular weight excluding hydrogens is 306 g/mol. The molecule has 0 aromatic carbocycles. The lowest BCUT2D eigenvalue weighted by Gasteiger charge is -2.40. The average Bonchev–Trinajstić information content (AvgIpc) is 3.35. The van der Waals surface area contributed by atoms with Crippen LogP contribution in [-0.4, -0.2) is 42.1 Å². The lowest BCUT2D eigenvalue weighted by atomic mass is 9.71. The van der Waals surface area contributed by atoms with Crippen molar-refractivity contribution >= 4 is 5.82 Å². The summed E-state index contributed by atoms with van der Waals surface area (Å²) in [4.78, 5) is 10.1. The third kappa shape index (κ3) is 2.38. The SMILES string of the molecule is CCC(C)(C)c1ccc(N2CCN(C3CC4CCC45CC35)CC2)nc1. The molecule has 1 aromatic heterocycles. The summed E-state index contributed by atoms with van der Waals surface area (Å²) in [5, 5.41) is 0. The third-order valence-corrected chi connectivity index (χ3v) is 8.46. The smallest absolute Gasteiger partial charge is 0.128 e. The highest BCUT2D eigenvalue weighted by Gasteiger charge is 2.71. The molecule has 0 radical (unpaired) electrons. The van der Waals surface area contributed by atoms with Crippen LogP contribution in [0.25, 0.3) is 0 Å². The Morgan fingerprint density at radius 1 is 1.20 bits per heavy atom. The Hall–Kier alpha value is -1.09. The van der Waals surface area contributed by atoms with E-state index in [0.717, 1.165) is 42.8 Å². The van der Waals surface area contributed by atoms with E-state index in [9.17, 15) is 0 Å². The van der Waals surface area contributed by atoms with Crippen LogP contribution in [0.15, 0.2) is 18.3 Å². The molecule has 0 amide bonds. The molecule has 3 nitrogen and oxygen atoms in total. The zero-order valence-electron chi connectivity index (χ0n) is 16.2. The summed E-state index contributed by atoms with van der Waals surface area (Å²) < 4.78 is 0. The van der Waals surface area contributed by atoms with Crippen molar-refractivity contribution in [1.29, 1.82) is 0 Å². The Bertz CT molecular complexity index is 644. The molecule has 3 saturated carbocycles. The van der Waals surface area contributed by atoms with Crippen molar-refractivity contribution in [2.45, 2.75) is 64.3 Å². The number of hydrogen-bond acceptors (Lipinski definition) is 3. The summed E-state index contributed by atoms with van der Waals surface area (Å²) in [6, 6.07) is 5.45. The van der Waals surface area contributed by atoms with Gasteiger partial charge in [0.25, 0.3) is 0 Å². The highest BCUT2D eigenvalue weighted by atomic mass is 15.3. The Morgan fingerprint density at radius 3 is 2.48 bits per heavy atom. The number of pyridine rings is 1.